The van der Waals surface area contributed by atoms with E-state index < -0.39 is 0 Å². The second-order valence-electron chi connectivity index (χ2n) is 6.76. The molecule has 134 valence electrons. The van der Waals surface area contributed by atoms with Gasteiger partial charge in [0.1, 0.15) is 0 Å². The number of nitrogens with zero attached hydrogens (tertiary/aromatic N) is 3. The molecular weight excluding hydrogens is 316 g/mol. The van der Waals surface area contributed by atoms with E-state index >= 15 is 0 Å². The fourth-order valence-electron chi connectivity index (χ4n) is 3.42. The second-order valence-corrected chi connectivity index (χ2v) is 6.76. The number of rotatable bonds is 4. The lowest BCUT2D eigenvalue weighted by Crippen LogP contribution is -2.46. The van der Waals surface area contributed by atoms with E-state index in [2.05, 4.69) is 10.4 Å². The van der Waals surface area contributed by atoms with Crippen molar-refractivity contribution in [3.05, 3.63) is 47.3 Å². The number of carbonyl (C=O) groups excluding carboxylic acids is 1. The highest BCUT2D eigenvalue weighted by Gasteiger charge is 2.23. The van der Waals surface area contributed by atoms with Crippen LogP contribution in [0.2, 0.25) is 0 Å². The van der Waals surface area contributed by atoms with Crippen LogP contribution in [-0.4, -0.2) is 45.5 Å². The lowest BCUT2D eigenvalue weighted by Gasteiger charge is -2.31. The van der Waals surface area contributed by atoms with Crippen molar-refractivity contribution in [2.24, 2.45) is 5.92 Å². The van der Waals surface area contributed by atoms with Gasteiger partial charge >= 0.3 is 6.03 Å². The molecule has 1 fully saturated rings. The van der Waals surface area contributed by atoms with Crippen LogP contribution in [0.25, 0.3) is 5.69 Å². The van der Waals surface area contributed by atoms with Gasteiger partial charge in [0.15, 0.2) is 0 Å². The quantitative estimate of drug-likeness (QED) is 0.896. The number of benzene rings is 1. The minimum absolute atomic E-state index is 0.0682. The van der Waals surface area contributed by atoms with Crippen LogP contribution in [0.1, 0.15) is 29.8 Å². The molecule has 1 aliphatic heterocycles. The van der Waals surface area contributed by atoms with Gasteiger partial charge in [-0.1, -0.05) is 18.2 Å². The lowest BCUT2D eigenvalue weighted by molar-refractivity contribution is 0.129. The summed E-state index contributed by atoms with van der Waals surface area (Å²) >= 11 is 0. The van der Waals surface area contributed by atoms with Gasteiger partial charge in [-0.3, -0.25) is 0 Å². The number of aliphatic hydroxyl groups excluding tert-OH is 1. The number of hydrogen-bond donors (Lipinski definition) is 2. The average Bonchev–Trinajstić information content (AvgIpc) is 2.98. The Morgan fingerprint density at radius 1 is 1.36 bits per heavy atom. The topological polar surface area (TPSA) is 70.4 Å². The van der Waals surface area contributed by atoms with Crippen molar-refractivity contribution < 1.29 is 9.90 Å². The summed E-state index contributed by atoms with van der Waals surface area (Å²) in [6, 6.07) is 9.95. The van der Waals surface area contributed by atoms with Crippen molar-refractivity contribution in [1.29, 1.82) is 0 Å². The lowest BCUT2D eigenvalue weighted by atomic mass is 9.99. The minimum atomic E-state index is -0.0682. The SMILES string of the molecule is Cc1cc(C)n(-c2ccccc2CNC(=O)N2CCC[C@H](CO)C2)n1. The third kappa shape index (κ3) is 4.02. The first-order valence-electron chi connectivity index (χ1n) is 8.83. The van der Waals surface area contributed by atoms with Gasteiger partial charge in [0.05, 0.1) is 11.4 Å². The maximum absolute atomic E-state index is 12.5. The number of urea groups is 1. The molecule has 2 heterocycles. The summed E-state index contributed by atoms with van der Waals surface area (Å²) in [5.41, 5.74) is 4.05. The Labute approximate surface area is 148 Å². The molecule has 0 saturated carbocycles. The Bertz CT molecular complexity index is 741. The van der Waals surface area contributed by atoms with Gasteiger partial charge in [0.25, 0.3) is 0 Å². The number of aliphatic hydroxyl groups is 1. The number of hydrogen-bond acceptors (Lipinski definition) is 3. The Balaban J connectivity index is 1.69. The molecule has 25 heavy (non-hydrogen) atoms. The first-order valence-corrected chi connectivity index (χ1v) is 8.83. The molecule has 0 unspecified atom stereocenters. The van der Waals surface area contributed by atoms with Gasteiger partial charge in [-0.2, -0.15) is 5.10 Å². The number of carbonyl (C=O) groups is 1. The van der Waals surface area contributed by atoms with Gasteiger partial charge in [-0.15, -0.1) is 0 Å². The highest BCUT2D eigenvalue weighted by Crippen LogP contribution is 2.18. The van der Waals surface area contributed by atoms with Crippen LogP contribution in [0.15, 0.2) is 30.3 Å². The predicted octanol–water partition coefficient (Wildman–Crippen LogP) is 2.40. The molecule has 1 aromatic carbocycles. The van der Waals surface area contributed by atoms with E-state index in [1.807, 2.05) is 48.9 Å². The van der Waals surface area contributed by atoms with E-state index in [1.165, 1.54) is 0 Å². The molecule has 1 aliphatic rings. The smallest absolute Gasteiger partial charge is 0.317 e. The summed E-state index contributed by atoms with van der Waals surface area (Å²) in [6.07, 6.45) is 1.93. The Kier molecular flexibility index (Phi) is 5.38. The molecule has 2 amide bonds. The fourth-order valence-corrected chi connectivity index (χ4v) is 3.42. The summed E-state index contributed by atoms with van der Waals surface area (Å²) < 4.78 is 1.92. The number of aryl methyl sites for hydroxylation is 2. The van der Waals surface area contributed by atoms with Crippen LogP contribution in [0.3, 0.4) is 0 Å². The minimum Gasteiger partial charge on any atom is -0.396 e. The predicted molar refractivity (Wildman–Crippen MR) is 96.7 cm³/mol. The van der Waals surface area contributed by atoms with E-state index in [1.54, 1.807) is 4.90 Å². The Morgan fingerprint density at radius 3 is 2.88 bits per heavy atom. The largest absolute Gasteiger partial charge is 0.396 e. The molecule has 6 heteroatoms. The van der Waals surface area contributed by atoms with Gasteiger partial charge in [-0.05, 0) is 50.3 Å². The van der Waals surface area contributed by atoms with Crippen molar-refractivity contribution in [3.8, 4) is 5.69 Å². The van der Waals surface area contributed by atoms with Crippen LogP contribution < -0.4 is 5.32 Å². The molecule has 0 aliphatic carbocycles. The fraction of sp³-hybridized carbons (Fsp3) is 0.474. The zero-order valence-corrected chi connectivity index (χ0v) is 14.9. The number of piperidine rings is 1. The third-order valence-corrected chi connectivity index (χ3v) is 4.72. The summed E-state index contributed by atoms with van der Waals surface area (Å²) in [4.78, 5) is 14.3. The van der Waals surface area contributed by atoms with E-state index in [-0.39, 0.29) is 18.6 Å². The van der Waals surface area contributed by atoms with Crippen LogP contribution in [0.4, 0.5) is 4.79 Å². The maximum atomic E-state index is 12.5. The van der Waals surface area contributed by atoms with E-state index in [4.69, 9.17) is 0 Å². The van der Waals surface area contributed by atoms with Gasteiger partial charge in [0, 0.05) is 31.9 Å². The molecule has 0 spiro atoms. The summed E-state index contributed by atoms with van der Waals surface area (Å²) in [5.74, 6) is 0.196. The van der Waals surface area contributed by atoms with Crippen LogP contribution in [-0.2, 0) is 6.54 Å². The Hall–Kier alpha value is -2.34. The van der Waals surface area contributed by atoms with Crippen LogP contribution >= 0.6 is 0 Å². The first kappa shape index (κ1) is 17.5. The van der Waals surface area contributed by atoms with E-state index in [9.17, 15) is 9.90 Å². The first-order chi connectivity index (χ1) is 12.1. The molecule has 1 aromatic heterocycles. The molecule has 1 atom stereocenters. The van der Waals surface area contributed by atoms with Crippen molar-refractivity contribution in [2.45, 2.75) is 33.2 Å². The number of likely N-dealkylation sites (tertiary alicyclic amines) is 1. The monoisotopic (exact) mass is 342 g/mol. The summed E-state index contributed by atoms with van der Waals surface area (Å²) in [6.45, 7) is 5.97. The molecule has 2 N–H and O–H groups in total. The molecule has 0 bridgehead atoms. The zero-order valence-electron chi connectivity index (χ0n) is 14.9. The molecule has 2 aromatic rings. The number of aromatic nitrogens is 2. The second kappa shape index (κ2) is 7.70. The molecular formula is C19H26N4O2. The number of nitrogens with one attached hydrogen (secondary N) is 1. The van der Waals surface area contributed by atoms with Crippen molar-refractivity contribution in [1.82, 2.24) is 20.0 Å². The van der Waals surface area contributed by atoms with Crippen molar-refractivity contribution in [2.75, 3.05) is 19.7 Å². The Morgan fingerprint density at radius 2 is 2.16 bits per heavy atom. The van der Waals surface area contributed by atoms with E-state index in [0.29, 0.717) is 13.1 Å². The number of para-hydroxylation sites is 1. The zero-order chi connectivity index (χ0) is 17.8. The van der Waals surface area contributed by atoms with E-state index in [0.717, 1.165) is 42.0 Å². The number of amides is 2. The summed E-state index contributed by atoms with van der Waals surface area (Å²) in [7, 11) is 0. The summed E-state index contributed by atoms with van der Waals surface area (Å²) in [5, 5.41) is 16.9. The van der Waals surface area contributed by atoms with Gasteiger partial charge in [-0.25, -0.2) is 9.48 Å². The standard InChI is InChI=1S/C19H26N4O2/c1-14-10-15(2)23(21-14)18-8-4-3-7-17(18)11-20-19(25)22-9-5-6-16(12-22)13-24/h3-4,7-8,10,16,24H,5-6,9,11-13H2,1-2H3,(H,20,25)/t16-/m0/s1. The normalized spacial score (nSPS) is 17.6. The molecule has 0 radical (unpaired) electrons. The third-order valence-electron chi connectivity index (χ3n) is 4.72. The van der Waals surface area contributed by atoms with Crippen molar-refractivity contribution in [3.63, 3.8) is 0 Å². The molecule has 6 nitrogen and oxygen atoms in total. The van der Waals surface area contributed by atoms with Gasteiger partial charge < -0.3 is 15.3 Å². The maximum Gasteiger partial charge on any atom is 0.317 e. The highest BCUT2D eigenvalue weighted by molar-refractivity contribution is 5.74. The average molecular weight is 342 g/mol. The molecule has 3 rings (SSSR count). The highest BCUT2D eigenvalue weighted by atomic mass is 16.3. The van der Waals surface area contributed by atoms with Crippen LogP contribution in [0.5, 0.6) is 0 Å². The van der Waals surface area contributed by atoms with Crippen LogP contribution in [0, 0.1) is 19.8 Å². The van der Waals surface area contributed by atoms with Crippen molar-refractivity contribution >= 4 is 6.03 Å². The van der Waals surface area contributed by atoms with Gasteiger partial charge in [0.2, 0.25) is 0 Å². The molecule has 1 saturated heterocycles.